The number of nitrogens with one attached hydrogen (secondary N) is 1. The first-order chi connectivity index (χ1) is 11.0. The monoisotopic (exact) mass is 314 g/mol. The van der Waals surface area contributed by atoms with Gasteiger partial charge in [-0.05, 0) is 50.7 Å². The van der Waals surface area contributed by atoms with Gasteiger partial charge in [-0.1, -0.05) is 25.1 Å². The number of para-hydroxylation sites is 1. The number of rotatable bonds is 3. The van der Waals surface area contributed by atoms with E-state index in [1.807, 2.05) is 49.2 Å². The molecule has 0 bridgehead atoms. The molecular weight excluding hydrogens is 288 g/mol. The standard InChI is InChI=1S/C19H26N2O2/c1-13-8-10-16(11-9-13)21(3)19(22)20-14(2)18-12-15-6-4-5-7-17(15)23-18/h4-7,12-14,16H,8-11H2,1-3H3,(H,20,22). The van der Waals surface area contributed by atoms with Gasteiger partial charge in [-0.25, -0.2) is 4.79 Å². The fourth-order valence-electron chi connectivity index (χ4n) is 3.37. The highest BCUT2D eigenvalue weighted by Gasteiger charge is 2.26. The summed E-state index contributed by atoms with van der Waals surface area (Å²) in [5.74, 6) is 1.59. The average molecular weight is 314 g/mol. The first-order valence-electron chi connectivity index (χ1n) is 8.56. The van der Waals surface area contributed by atoms with Crippen LogP contribution in [0.2, 0.25) is 0 Å². The molecule has 4 heteroatoms. The van der Waals surface area contributed by atoms with E-state index in [1.165, 1.54) is 12.8 Å². The zero-order valence-corrected chi connectivity index (χ0v) is 14.2. The largest absolute Gasteiger partial charge is 0.459 e. The third-order valence-corrected chi connectivity index (χ3v) is 5.06. The van der Waals surface area contributed by atoms with E-state index in [1.54, 1.807) is 0 Å². The lowest BCUT2D eigenvalue weighted by Gasteiger charge is -2.34. The number of urea groups is 1. The van der Waals surface area contributed by atoms with Gasteiger partial charge in [-0.2, -0.15) is 0 Å². The predicted molar refractivity (Wildman–Crippen MR) is 92.3 cm³/mol. The van der Waals surface area contributed by atoms with Crippen LogP contribution in [0.25, 0.3) is 11.0 Å². The Balaban J connectivity index is 1.62. The maximum Gasteiger partial charge on any atom is 0.317 e. The molecule has 2 aromatic rings. The van der Waals surface area contributed by atoms with Gasteiger partial charge in [0, 0.05) is 18.5 Å². The molecule has 1 aliphatic rings. The normalized spacial score (nSPS) is 22.7. The first kappa shape index (κ1) is 15.9. The summed E-state index contributed by atoms with van der Waals surface area (Å²) >= 11 is 0. The Hall–Kier alpha value is -1.97. The minimum Gasteiger partial charge on any atom is -0.459 e. The summed E-state index contributed by atoms with van der Waals surface area (Å²) in [5.41, 5.74) is 0.859. The summed E-state index contributed by atoms with van der Waals surface area (Å²) in [6.45, 7) is 4.26. The molecule has 0 saturated heterocycles. The van der Waals surface area contributed by atoms with E-state index >= 15 is 0 Å². The van der Waals surface area contributed by atoms with Crippen LogP contribution in [-0.2, 0) is 0 Å². The maximum absolute atomic E-state index is 12.5. The van der Waals surface area contributed by atoms with Crippen LogP contribution in [0.4, 0.5) is 4.79 Å². The topological polar surface area (TPSA) is 45.5 Å². The average Bonchev–Trinajstić information content (AvgIpc) is 2.99. The Labute approximate surface area is 137 Å². The summed E-state index contributed by atoms with van der Waals surface area (Å²) in [6, 6.07) is 10.1. The highest BCUT2D eigenvalue weighted by Crippen LogP contribution is 2.27. The number of carbonyl (C=O) groups is 1. The van der Waals surface area contributed by atoms with Gasteiger partial charge in [0.05, 0.1) is 6.04 Å². The van der Waals surface area contributed by atoms with Crippen LogP contribution in [0.5, 0.6) is 0 Å². The second-order valence-electron chi connectivity index (χ2n) is 6.88. The molecule has 1 unspecified atom stereocenters. The minimum absolute atomic E-state index is 0.0162. The molecule has 0 aliphatic heterocycles. The van der Waals surface area contributed by atoms with Crippen LogP contribution in [-0.4, -0.2) is 24.0 Å². The fraction of sp³-hybridized carbons (Fsp3) is 0.526. The van der Waals surface area contributed by atoms with Crippen LogP contribution in [0, 0.1) is 5.92 Å². The van der Waals surface area contributed by atoms with Gasteiger partial charge >= 0.3 is 6.03 Å². The van der Waals surface area contributed by atoms with E-state index in [9.17, 15) is 4.79 Å². The molecule has 1 N–H and O–H groups in total. The molecule has 0 radical (unpaired) electrons. The molecule has 3 rings (SSSR count). The van der Waals surface area contributed by atoms with E-state index in [-0.39, 0.29) is 12.1 Å². The van der Waals surface area contributed by atoms with Gasteiger partial charge in [-0.15, -0.1) is 0 Å². The lowest BCUT2D eigenvalue weighted by atomic mass is 9.87. The number of hydrogen-bond donors (Lipinski definition) is 1. The molecule has 1 aromatic heterocycles. The maximum atomic E-state index is 12.5. The van der Waals surface area contributed by atoms with Crippen LogP contribution in [0.1, 0.15) is 51.3 Å². The Morgan fingerprint density at radius 3 is 2.65 bits per heavy atom. The second-order valence-corrected chi connectivity index (χ2v) is 6.88. The molecule has 2 amide bonds. The quantitative estimate of drug-likeness (QED) is 0.891. The first-order valence-corrected chi connectivity index (χ1v) is 8.56. The Morgan fingerprint density at radius 1 is 1.26 bits per heavy atom. The summed E-state index contributed by atoms with van der Waals surface area (Å²) in [4.78, 5) is 14.4. The number of nitrogens with zero attached hydrogens (tertiary/aromatic N) is 1. The lowest BCUT2D eigenvalue weighted by Crippen LogP contribution is -2.45. The lowest BCUT2D eigenvalue weighted by molar-refractivity contribution is 0.160. The number of carbonyl (C=O) groups excluding carboxylic acids is 1. The van der Waals surface area contributed by atoms with Gasteiger partial charge in [0.15, 0.2) is 0 Å². The Kier molecular flexibility index (Phi) is 4.60. The molecule has 1 aromatic carbocycles. The number of benzene rings is 1. The zero-order chi connectivity index (χ0) is 16.4. The van der Waals surface area contributed by atoms with Crippen molar-refractivity contribution in [3.63, 3.8) is 0 Å². The molecular formula is C19H26N2O2. The molecule has 4 nitrogen and oxygen atoms in total. The van der Waals surface area contributed by atoms with Crippen molar-refractivity contribution in [2.75, 3.05) is 7.05 Å². The van der Waals surface area contributed by atoms with Crippen LogP contribution in [0.3, 0.4) is 0 Å². The second kappa shape index (κ2) is 6.65. The number of hydrogen-bond acceptors (Lipinski definition) is 2. The van der Waals surface area contributed by atoms with E-state index in [2.05, 4.69) is 12.2 Å². The Morgan fingerprint density at radius 2 is 1.96 bits per heavy atom. The molecule has 1 aliphatic carbocycles. The van der Waals surface area contributed by atoms with Crippen molar-refractivity contribution >= 4 is 17.0 Å². The van der Waals surface area contributed by atoms with E-state index in [0.717, 1.165) is 35.5 Å². The van der Waals surface area contributed by atoms with Crippen LogP contribution in [0.15, 0.2) is 34.7 Å². The number of fused-ring (bicyclic) bond motifs is 1. The zero-order valence-electron chi connectivity index (χ0n) is 14.2. The van der Waals surface area contributed by atoms with Gasteiger partial charge in [0.1, 0.15) is 11.3 Å². The minimum atomic E-state index is -0.139. The summed E-state index contributed by atoms with van der Waals surface area (Å²) < 4.78 is 5.84. The van der Waals surface area contributed by atoms with Gasteiger partial charge in [0.25, 0.3) is 0 Å². The number of furan rings is 1. The van der Waals surface area contributed by atoms with E-state index in [4.69, 9.17) is 4.42 Å². The van der Waals surface area contributed by atoms with Crippen molar-refractivity contribution in [1.29, 1.82) is 0 Å². The third-order valence-electron chi connectivity index (χ3n) is 5.06. The molecule has 1 saturated carbocycles. The highest BCUT2D eigenvalue weighted by molar-refractivity contribution is 5.78. The molecule has 1 heterocycles. The molecule has 124 valence electrons. The summed E-state index contributed by atoms with van der Waals surface area (Å²) in [5, 5.41) is 4.13. The molecule has 0 spiro atoms. The molecule has 23 heavy (non-hydrogen) atoms. The van der Waals surface area contributed by atoms with Crippen molar-refractivity contribution < 1.29 is 9.21 Å². The highest BCUT2D eigenvalue weighted by atomic mass is 16.3. The van der Waals surface area contributed by atoms with Crippen molar-refractivity contribution in [3.05, 3.63) is 36.1 Å². The van der Waals surface area contributed by atoms with Crippen molar-refractivity contribution in [1.82, 2.24) is 10.2 Å². The third kappa shape index (κ3) is 3.52. The summed E-state index contributed by atoms with van der Waals surface area (Å²) in [6.07, 6.45) is 4.62. The predicted octanol–water partition coefficient (Wildman–Crippen LogP) is 4.71. The fourth-order valence-corrected chi connectivity index (χ4v) is 3.37. The van der Waals surface area contributed by atoms with Crippen molar-refractivity contribution in [2.45, 2.75) is 51.6 Å². The van der Waals surface area contributed by atoms with E-state index < -0.39 is 0 Å². The van der Waals surface area contributed by atoms with E-state index in [0.29, 0.717) is 6.04 Å². The van der Waals surface area contributed by atoms with Crippen LogP contribution >= 0.6 is 0 Å². The summed E-state index contributed by atoms with van der Waals surface area (Å²) in [7, 11) is 1.90. The van der Waals surface area contributed by atoms with Crippen molar-refractivity contribution in [3.8, 4) is 0 Å². The SMILES string of the molecule is CC1CCC(N(C)C(=O)NC(C)c2cc3ccccc3o2)CC1. The van der Waals surface area contributed by atoms with Gasteiger partial charge in [0.2, 0.25) is 0 Å². The van der Waals surface area contributed by atoms with Crippen molar-refractivity contribution in [2.24, 2.45) is 5.92 Å². The molecule has 1 atom stereocenters. The number of amides is 2. The molecule has 1 fully saturated rings. The van der Waals surface area contributed by atoms with Gasteiger partial charge in [-0.3, -0.25) is 0 Å². The van der Waals surface area contributed by atoms with Gasteiger partial charge < -0.3 is 14.6 Å². The Bertz CT molecular complexity index is 638. The smallest absolute Gasteiger partial charge is 0.317 e. The van der Waals surface area contributed by atoms with Crippen LogP contribution < -0.4 is 5.32 Å².